The number of benzene rings is 1. The standard InChI is InChI=1S/C19H28ClN5O/c1-15-6-8-25(9-7-15)19(21)22-14-18(26)24-12-10-23(11-13-24)17-4-2-16(20)3-5-17/h2-5,15H,6-14H2,1H3,(H2,21,22). The van der Waals surface area contributed by atoms with Gasteiger partial charge < -0.3 is 20.4 Å². The minimum Gasteiger partial charge on any atom is -0.370 e. The number of halogens is 1. The number of amides is 1. The van der Waals surface area contributed by atoms with Crippen molar-refractivity contribution >= 4 is 29.2 Å². The van der Waals surface area contributed by atoms with Gasteiger partial charge in [-0.05, 0) is 43.0 Å². The summed E-state index contributed by atoms with van der Waals surface area (Å²) < 4.78 is 0. The molecule has 2 heterocycles. The van der Waals surface area contributed by atoms with Crippen LogP contribution in [0.5, 0.6) is 0 Å². The van der Waals surface area contributed by atoms with Crippen LogP contribution in [0.1, 0.15) is 19.8 Å². The van der Waals surface area contributed by atoms with Crippen molar-refractivity contribution in [1.29, 1.82) is 0 Å². The molecule has 26 heavy (non-hydrogen) atoms. The molecule has 142 valence electrons. The smallest absolute Gasteiger partial charge is 0.244 e. The number of hydrogen-bond acceptors (Lipinski definition) is 3. The Morgan fingerprint density at radius 2 is 1.69 bits per heavy atom. The first-order valence-electron chi connectivity index (χ1n) is 9.36. The Morgan fingerprint density at radius 1 is 1.08 bits per heavy atom. The molecule has 1 aromatic rings. The molecule has 2 aliphatic rings. The van der Waals surface area contributed by atoms with E-state index in [9.17, 15) is 4.79 Å². The van der Waals surface area contributed by atoms with Crippen molar-refractivity contribution < 1.29 is 4.79 Å². The second kappa shape index (κ2) is 8.62. The average molecular weight is 378 g/mol. The van der Waals surface area contributed by atoms with Crippen molar-refractivity contribution in [2.75, 3.05) is 50.7 Å². The zero-order valence-electron chi connectivity index (χ0n) is 15.4. The summed E-state index contributed by atoms with van der Waals surface area (Å²) in [5.74, 6) is 1.30. The molecule has 0 bridgehead atoms. The van der Waals surface area contributed by atoms with Crippen LogP contribution in [0.2, 0.25) is 5.02 Å². The quantitative estimate of drug-likeness (QED) is 0.646. The molecular weight excluding hydrogens is 350 g/mol. The molecule has 2 N–H and O–H groups in total. The van der Waals surface area contributed by atoms with Gasteiger partial charge in [0.2, 0.25) is 5.91 Å². The van der Waals surface area contributed by atoms with Gasteiger partial charge in [-0.1, -0.05) is 18.5 Å². The highest BCUT2D eigenvalue weighted by Crippen LogP contribution is 2.19. The second-order valence-corrected chi connectivity index (χ2v) is 7.62. The molecular formula is C19H28ClN5O. The third kappa shape index (κ3) is 4.81. The van der Waals surface area contributed by atoms with Gasteiger partial charge in [0, 0.05) is 50.0 Å². The molecule has 3 rings (SSSR count). The van der Waals surface area contributed by atoms with E-state index in [-0.39, 0.29) is 12.5 Å². The number of nitrogens with two attached hydrogens (primary N) is 1. The fraction of sp³-hybridized carbons (Fsp3) is 0.579. The third-order valence-electron chi connectivity index (χ3n) is 5.31. The van der Waals surface area contributed by atoms with Crippen LogP contribution in [-0.4, -0.2) is 67.5 Å². The molecule has 2 saturated heterocycles. The van der Waals surface area contributed by atoms with Gasteiger partial charge in [-0.15, -0.1) is 0 Å². The first-order valence-corrected chi connectivity index (χ1v) is 9.74. The van der Waals surface area contributed by atoms with Gasteiger partial charge in [-0.2, -0.15) is 0 Å². The molecule has 2 fully saturated rings. The number of hydrogen-bond donors (Lipinski definition) is 1. The number of likely N-dealkylation sites (tertiary alicyclic amines) is 1. The molecule has 1 amide bonds. The Bertz CT molecular complexity index is 632. The van der Waals surface area contributed by atoms with Crippen LogP contribution in [0.4, 0.5) is 5.69 Å². The van der Waals surface area contributed by atoms with E-state index < -0.39 is 0 Å². The maximum atomic E-state index is 12.4. The van der Waals surface area contributed by atoms with Crippen LogP contribution in [-0.2, 0) is 4.79 Å². The topological polar surface area (TPSA) is 65.2 Å². The summed E-state index contributed by atoms with van der Waals surface area (Å²) in [4.78, 5) is 23.0. The van der Waals surface area contributed by atoms with Gasteiger partial charge >= 0.3 is 0 Å². The maximum Gasteiger partial charge on any atom is 0.244 e. The number of aliphatic imine (C=N–C) groups is 1. The molecule has 0 aliphatic carbocycles. The summed E-state index contributed by atoms with van der Waals surface area (Å²) in [5, 5.41) is 0.737. The zero-order chi connectivity index (χ0) is 18.5. The number of guanidine groups is 1. The van der Waals surface area contributed by atoms with Gasteiger partial charge in [0.15, 0.2) is 5.96 Å². The Morgan fingerprint density at radius 3 is 2.31 bits per heavy atom. The lowest BCUT2D eigenvalue weighted by molar-refractivity contribution is -0.129. The van der Waals surface area contributed by atoms with Gasteiger partial charge in [-0.25, -0.2) is 4.99 Å². The second-order valence-electron chi connectivity index (χ2n) is 7.19. The van der Waals surface area contributed by atoms with Crippen molar-refractivity contribution in [3.63, 3.8) is 0 Å². The number of piperidine rings is 1. The Kier molecular flexibility index (Phi) is 6.25. The zero-order valence-corrected chi connectivity index (χ0v) is 16.2. The largest absolute Gasteiger partial charge is 0.370 e. The summed E-state index contributed by atoms with van der Waals surface area (Å²) in [7, 11) is 0. The van der Waals surface area contributed by atoms with Gasteiger partial charge in [0.1, 0.15) is 6.54 Å². The fourth-order valence-corrected chi connectivity index (χ4v) is 3.58. The van der Waals surface area contributed by atoms with Crippen LogP contribution < -0.4 is 10.6 Å². The number of piperazine rings is 1. The normalized spacial score (nSPS) is 19.8. The third-order valence-corrected chi connectivity index (χ3v) is 5.56. The number of carbonyl (C=O) groups is 1. The van der Waals surface area contributed by atoms with Gasteiger partial charge in [0.05, 0.1) is 0 Å². The molecule has 0 saturated carbocycles. The molecule has 0 atom stereocenters. The summed E-state index contributed by atoms with van der Waals surface area (Å²) in [6.07, 6.45) is 2.27. The van der Waals surface area contributed by atoms with E-state index in [0.717, 1.165) is 55.6 Å². The fourth-order valence-electron chi connectivity index (χ4n) is 3.45. The molecule has 0 aromatic heterocycles. The van der Waals surface area contributed by atoms with Crippen LogP contribution in [0.15, 0.2) is 29.3 Å². The van der Waals surface area contributed by atoms with E-state index in [1.54, 1.807) is 0 Å². The highest BCUT2D eigenvalue weighted by Gasteiger charge is 2.22. The Labute approximate surface area is 160 Å². The summed E-state index contributed by atoms with van der Waals surface area (Å²) in [6.45, 7) is 7.31. The van der Waals surface area contributed by atoms with Crippen LogP contribution in [0, 0.1) is 5.92 Å². The predicted octanol–water partition coefficient (Wildman–Crippen LogP) is 2.04. The summed E-state index contributed by atoms with van der Waals surface area (Å²) in [5.41, 5.74) is 7.21. The SMILES string of the molecule is CC1CCN(C(N)=NCC(=O)N2CCN(c3ccc(Cl)cc3)CC2)CC1. The van der Waals surface area contributed by atoms with Gasteiger partial charge in [0.25, 0.3) is 0 Å². The molecule has 2 aliphatic heterocycles. The lowest BCUT2D eigenvalue weighted by atomic mass is 10.00. The highest BCUT2D eigenvalue weighted by atomic mass is 35.5. The lowest BCUT2D eigenvalue weighted by Gasteiger charge is -2.36. The number of carbonyl (C=O) groups excluding carboxylic acids is 1. The van der Waals surface area contributed by atoms with Crippen LogP contribution in [0.25, 0.3) is 0 Å². The van der Waals surface area contributed by atoms with Crippen molar-refractivity contribution in [3.8, 4) is 0 Å². The molecule has 0 spiro atoms. The molecule has 6 nitrogen and oxygen atoms in total. The lowest BCUT2D eigenvalue weighted by Crippen LogP contribution is -2.49. The summed E-state index contributed by atoms with van der Waals surface area (Å²) >= 11 is 5.94. The van der Waals surface area contributed by atoms with E-state index in [1.807, 2.05) is 29.2 Å². The first kappa shape index (κ1) is 18.8. The van der Waals surface area contributed by atoms with E-state index in [1.165, 1.54) is 0 Å². The van der Waals surface area contributed by atoms with E-state index in [0.29, 0.717) is 19.0 Å². The van der Waals surface area contributed by atoms with Crippen LogP contribution >= 0.6 is 11.6 Å². The van der Waals surface area contributed by atoms with E-state index in [4.69, 9.17) is 17.3 Å². The molecule has 7 heteroatoms. The Hall–Kier alpha value is -1.95. The van der Waals surface area contributed by atoms with Crippen molar-refractivity contribution in [3.05, 3.63) is 29.3 Å². The van der Waals surface area contributed by atoms with E-state index in [2.05, 4.69) is 21.7 Å². The number of rotatable bonds is 3. The van der Waals surface area contributed by atoms with Crippen molar-refractivity contribution in [2.45, 2.75) is 19.8 Å². The number of nitrogens with zero attached hydrogens (tertiary/aromatic N) is 4. The van der Waals surface area contributed by atoms with Crippen molar-refractivity contribution in [2.24, 2.45) is 16.6 Å². The Balaban J connectivity index is 1.46. The number of anilines is 1. The maximum absolute atomic E-state index is 12.4. The predicted molar refractivity (Wildman–Crippen MR) is 107 cm³/mol. The monoisotopic (exact) mass is 377 g/mol. The minimum absolute atomic E-state index is 0.0501. The highest BCUT2D eigenvalue weighted by molar-refractivity contribution is 6.30. The van der Waals surface area contributed by atoms with Gasteiger partial charge in [-0.3, -0.25) is 4.79 Å². The van der Waals surface area contributed by atoms with Crippen molar-refractivity contribution in [1.82, 2.24) is 9.80 Å². The minimum atomic E-state index is 0.0501. The summed E-state index contributed by atoms with van der Waals surface area (Å²) in [6, 6.07) is 7.83. The first-order chi connectivity index (χ1) is 12.5. The molecule has 1 aromatic carbocycles. The van der Waals surface area contributed by atoms with E-state index >= 15 is 0 Å². The van der Waals surface area contributed by atoms with Crippen LogP contribution in [0.3, 0.4) is 0 Å². The average Bonchev–Trinajstić information content (AvgIpc) is 2.67. The molecule has 0 radical (unpaired) electrons. The molecule has 0 unspecified atom stereocenters.